The molecule has 0 aromatic carbocycles. The van der Waals surface area contributed by atoms with Crippen LogP contribution in [0.3, 0.4) is 0 Å². The van der Waals surface area contributed by atoms with Crippen LogP contribution in [0, 0.1) is 5.92 Å². The van der Waals surface area contributed by atoms with Crippen LogP contribution in [0.15, 0.2) is 25.3 Å². The van der Waals surface area contributed by atoms with Crippen LogP contribution in [-0.4, -0.2) is 11.8 Å². The quantitative estimate of drug-likeness (QED) is 0.368. The molecule has 0 rings (SSSR count). The zero-order chi connectivity index (χ0) is 10.7. The monoisotopic (exact) mass is 216 g/mol. The van der Waals surface area contributed by atoms with E-state index in [1.54, 1.807) is 0 Å². The SMILES string of the molecule is C=CC[PH](F)(F)C(F)(F)C(C)C=C. The molecule has 0 aromatic heterocycles. The van der Waals surface area contributed by atoms with Crippen molar-refractivity contribution < 1.29 is 17.2 Å². The van der Waals surface area contributed by atoms with Crippen molar-refractivity contribution in [3.8, 4) is 0 Å². The predicted octanol–water partition coefficient (Wildman–Crippen LogP) is 4.11. The summed E-state index contributed by atoms with van der Waals surface area (Å²) in [6.45, 7) is 7.16. The molecule has 0 fully saturated rings. The molecule has 0 amide bonds. The van der Waals surface area contributed by atoms with Gasteiger partial charge in [0, 0.05) is 0 Å². The Morgan fingerprint density at radius 3 is 2.15 bits per heavy atom. The number of rotatable bonds is 5. The fraction of sp³-hybridized carbons (Fsp3) is 0.500. The normalized spacial score (nSPS) is 16.4. The van der Waals surface area contributed by atoms with Gasteiger partial charge in [-0.25, -0.2) is 0 Å². The summed E-state index contributed by atoms with van der Waals surface area (Å²) in [4.78, 5) is 0. The second-order valence-corrected chi connectivity index (χ2v) is 5.33. The molecule has 0 aromatic rings. The Bertz CT molecular complexity index is 200. The first kappa shape index (κ1) is 12.6. The van der Waals surface area contributed by atoms with E-state index < -0.39 is 25.6 Å². The van der Waals surface area contributed by atoms with Crippen LogP contribution in [0.5, 0.6) is 0 Å². The second kappa shape index (κ2) is 4.23. The Kier molecular flexibility index (Phi) is 4.11. The maximum absolute atomic E-state index is 13.0. The Morgan fingerprint density at radius 1 is 1.38 bits per heavy atom. The molecule has 0 nitrogen and oxygen atoms in total. The van der Waals surface area contributed by atoms with Crippen molar-refractivity contribution in [2.45, 2.75) is 12.6 Å². The third kappa shape index (κ3) is 2.53. The number of alkyl halides is 2. The van der Waals surface area contributed by atoms with Crippen LogP contribution in [0.25, 0.3) is 0 Å². The van der Waals surface area contributed by atoms with Gasteiger partial charge in [-0.2, -0.15) is 0 Å². The van der Waals surface area contributed by atoms with Crippen molar-refractivity contribution >= 4 is 7.88 Å². The second-order valence-electron chi connectivity index (χ2n) is 2.84. The van der Waals surface area contributed by atoms with Gasteiger partial charge in [0.25, 0.3) is 0 Å². The van der Waals surface area contributed by atoms with Gasteiger partial charge in [-0.05, 0) is 0 Å². The summed E-state index contributed by atoms with van der Waals surface area (Å²) in [6, 6.07) is 0. The fourth-order valence-corrected chi connectivity index (χ4v) is 2.22. The van der Waals surface area contributed by atoms with Gasteiger partial charge in [-0.15, -0.1) is 0 Å². The third-order valence-corrected chi connectivity index (χ3v) is 4.05. The molecule has 1 unspecified atom stereocenters. The molecule has 0 aliphatic rings. The topological polar surface area (TPSA) is 0 Å². The van der Waals surface area contributed by atoms with E-state index in [-0.39, 0.29) is 0 Å². The molecule has 0 aliphatic heterocycles. The zero-order valence-corrected chi connectivity index (χ0v) is 8.37. The van der Waals surface area contributed by atoms with Gasteiger partial charge in [0.2, 0.25) is 0 Å². The summed E-state index contributed by atoms with van der Waals surface area (Å²) in [5, 5.41) is 0. The molecule has 0 radical (unpaired) electrons. The van der Waals surface area contributed by atoms with E-state index >= 15 is 0 Å². The van der Waals surface area contributed by atoms with Crippen molar-refractivity contribution in [2.24, 2.45) is 5.92 Å². The van der Waals surface area contributed by atoms with E-state index in [0.717, 1.165) is 19.1 Å². The standard InChI is InChI=1S/C8H13F4P/c1-4-6-13(11,12)8(9,10)7(3)5-2/h4-5,7,13H,1-2,6H2,3H3. The Hall–Kier alpha value is -0.370. The van der Waals surface area contributed by atoms with Crippen LogP contribution >= 0.6 is 7.88 Å². The minimum absolute atomic E-state index is 0.843. The number of hydrogen-bond acceptors (Lipinski definition) is 0. The van der Waals surface area contributed by atoms with Crippen molar-refractivity contribution in [2.75, 3.05) is 6.16 Å². The van der Waals surface area contributed by atoms with Gasteiger partial charge in [0.15, 0.2) is 0 Å². The van der Waals surface area contributed by atoms with Crippen molar-refractivity contribution in [3.63, 3.8) is 0 Å². The van der Waals surface area contributed by atoms with Gasteiger partial charge in [-0.3, -0.25) is 0 Å². The first-order valence-corrected chi connectivity index (χ1v) is 5.75. The van der Waals surface area contributed by atoms with E-state index in [1.165, 1.54) is 0 Å². The summed E-state index contributed by atoms with van der Waals surface area (Å²) < 4.78 is 51.8. The number of allylic oxidation sites excluding steroid dienone is 2. The van der Waals surface area contributed by atoms with Crippen molar-refractivity contribution in [1.29, 1.82) is 0 Å². The molecule has 0 saturated carbocycles. The number of halogens is 4. The Balaban J connectivity index is 4.77. The number of hydrogen-bond donors (Lipinski definition) is 0. The molecule has 1 atom stereocenters. The molecule has 0 saturated heterocycles. The molecular formula is C8H13F4P. The van der Waals surface area contributed by atoms with Crippen molar-refractivity contribution in [3.05, 3.63) is 25.3 Å². The summed E-state index contributed by atoms with van der Waals surface area (Å²) in [6.07, 6.45) is 0.804. The molecule has 13 heavy (non-hydrogen) atoms. The average molecular weight is 216 g/mol. The third-order valence-electron chi connectivity index (χ3n) is 1.81. The molecule has 5 heteroatoms. The van der Waals surface area contributed by atoms with Gasteiger partial charge in [0.05, 0.1) is 0 Å². The van der Waals surface area contributed by atoms with Gasteiger partial charge in [0.1, 0.15) is 0 Å². The van der Waals surface area contributed by atoms with E-state index in [4.69, 9.17) is 0 Å². The molecule has 0 heterocycles. The van der Waals surface area contributed by atoms with Crippen LogP contribution < -0.4 is 0 Å². The minimum atomic E-state index is -5.54. The molecule has 0 bridgehead atoms. The van der Waals surface area contributed by atoms with Crippen LogP contribution in [-0.2, 0) is 0 Å². The van der Waals surface area contributed by atoms with Crippen LogP contribution in [0.1, 0.15) is 6.92 Å². The van der Waals surface area contributed by atoms with Gasteiger partial charge < -0.3 is 0 Å². The van der Waals surface area contributed by atoms with E-state index in [1.807, 2.05) is 0 Å². The summed E-state index contributed by atoms with van der Waals surface area (Å²) >= 11 is 0. The van der Waals surface area contributed by atoms with E-state index in [2.05, 4.69) is 13.2 Å². The van der Waals surface area contributed by atoms with Crippen molar-refractivity contribution in [1.82, 2.24) is 0 Å². The first-order chi connectivity index (χ1) is 5.79. The van der Waals surface area contributed by atoms with Crippen LogP contribution in [0.4, 0.5) is 17.2 Å². The van der Waals surface area contributed by atoms with E-state index in [9.17, 15) is 17.2 Å². The maximum atomic E-state index is 13.0. The average Bonchev–Trinajstić information content (AvgIpc) is 2.02. The molecule has 0 aliphatic carbocycles. The Labute approximate surface area is 75.9 Å². The molecule has 78 valence electrons. The Morgan fingerprint density at radius 2 is 1.85 bits per heavy atom. The molecule has 0 spiro atoms. The van der Waals surface area contributed by atoms with Gasteiger partial charge >= 0.3 is 75.0 Å². The summed E-state index contributed by atoms with van der Waals surface area (Å²) in [7, 11) is -5.54. The van der Waals surface area contributed by atoms with E-state index in [0.29, 0.717) is 0 Å². The fourth-order valence-electron chi connectivity index (χ4n) is 0.798. The summed E-state index contributed by atoms with van der Waals surface area (Å²) in [5.74, 6) is -1.49. The predicted molar refractivity (Wildman–Crippen MR) is 49.9 cm³/mol. The summed E-state index contributed by atoms with van der Waals surface area (Å²) in [5.41, 5.74) is -3.93. The molecular weight excluding hydrogens is 203 g/mol. The van der Waals surface area contributed by atoms with Crippen LogP contribution in [0.2, 0.25) is 0 Å². The first-order valence-electron chi connectivity index (χ1n) is 3.78. The van der Waals surface area contributed by atoms with Gasteiger partial charge in [-0.1, -0.05) is 0 Å². The molecule has 0 N–H and O–H groups in total. The zero-order valence-electron chi connectivity index (χ0n) is 7.37.